The lowest BCUT2D eigenvalue weighted by Crippen LogP contribution is -2.05. The van der Waals surface area contributed by atoms with E-state index in [0.29, 0.717) is 12.2 Å². The summed E-state index contributed by atoms with van der Waals surface area (Å²) in [5, 5.41) is 49.5. The van der Waals surface area contributed by atoms with E-state index >= 15 is 0 Å². The Morgan fingerprint density at radius 3 is 1.05 bits per heavy atom. The van der Waals surface area contributed by atoms with E-state index in [1.807, 2.05) is 0 Å². The smallest absolute Gasteiger partial charge is 0.331 e. The zero-order valence-corrected chi connectivity index (χ0v) is 11.3. The van der Waals surface area contributed by atoms with Gasteiger partial charge in [0.05, 0.1) is 0 Å². The highest BCUT2D eigenvalue weighted by Crippen LogP contribution is 2.00. The molecular formula is C12H16O10. The maximum absolute atomic E-state index is 10.2. The molecule has 0 fully saturated rings. The van der Waals surface area contributed by atoms with Crippen molar-refractivity contribution in [1.82, 2.24) is 0 Å². The van der Waals surface area contributed by atoms with E-state index in [2.05, 4.69) is 0 Å². The highest BCUT2D eigenvalue weighted by molar-refractivity contribution is 5.95. The third-order valence-electron chi connectivity index (χ3n) is 1.91. The molecule has 0 amide bonds. The van der Waals surface area contributed by atoms with Gasteiger partial charge in [0, 0.05) is 49.4 Å². The zero-order chi connectivity index (χ0) is 17.7. The second-order valence-electron chi connectivity index (χ2n) is 3.57. The average Bonchev–Trinajstić information content (AvgIpc) is 2.37. The summed E-state index contributed by atoms with van der Waals surface area (Å²) < 4.78 is 0. The lowest BCUT2D eigenvalue weighted by atomic mass is 10.2. The number of carbonyl (C=O) groups is 4. The Hall–Kier alpha value is -2.72. The highest BCUT2D eigenvalue weighted by atomic mass is 16.4. The Morgan fingerprint density at radius 1 is 0.636 bits per heavy atom. The number of hydrogen-bond acceptors (Lipinski definition) is 6. The lowest BCUT2D eigenvalue weighted by molar-refractivity contribution is -0.135. The number of aliphatic carboxylic acids is 4. The van der Waals surface area contributed by atoms with Crippen LogP contribution in [0, 0.1) is 0 Å². The fourth-order valence-corrected chi connectivity index (χ4v) is 1.02. The molecule has 0 aliphatic rings. The summed E-state index contributed by atoms with van der Waals surface area (Å²) >= 11 is 0. The third kappa shape index (κ3) is 12.3. The van der Waals surface area contributed by atoms with E-state index in [-0.39, 0.29) is 37.2 Å². The first kappa shape index (κ1) is 21.6. The summed E-state index contributed by atoms with van der Waals surface area (Å²) in [5.74, 6) is -5.28. The van der Waals surface area contributed by atoms with Crippen LogP contribution in [0.3, 0.4) is 0 Å². The van der Waals surface area contributed by atoms with Crippen LogP contribution in [0.2, 0.25) is 0 Å². The zero-order valence-electron chi connectivity index (χ0n) is 11.3. The van der Waals surface area contributed by atoms with Gasteiger partial charge in [0.1, 0.15) is 0 Å². The molecule has 6 N–H and O–H groups in total. The summed E-state index contributed by atoms with van der Waals surface area (Å²) in [6.45, 7) is -0.739. The van der Waals surface area contributed by atoms with Crippen molar-refractivity contribution in [3.63, 3.8) is 0 Å². The van der Waals surface area contributed by atoms with Gasteiger partial charge in [-0.3, -0.25) is 0 Å². The Balaban J connectivity index is 0. The molecule has 0 saturated heterocycles. The molecular weight excluding hydrogens is 304 g/mol. The van der Waals surface area contributed by atoms with Crippen LogP contribution < -0.4 is 0 Å². The molecule has 124 valence electrons. The largest absolute Gasteiger partial charge is 0.478 e. The molecule has 0 heterocycles. The standard InChI is InChI=1S/2C6H8O5/c2*7-2-1-4(6(10)11)3-5(8)9/h2*3,7H,1-2H2,(H,8,9)(H,10,11). The SMILES string of the molecule is O=C(O)C=C(CCO)C(=O)O.O=C(O)C=C(CCO)C(=O)O. The fourth-order valence-electron chi connectivity index (χ4n) is 1.02. The summed E-state index contributed by atoms with van der Waals surface area (Å²) in [6.07, 6.45) is 0.834. The molecule has 0 radical (unpaired) electrons. The van der Waals surface area contributed by atoms with E-state index in [1.54, 1.807) is 0 Å². The Kier molecular flexibility index (Phi) is 11.8. The maximum Gasteiger partial charge on any atom is 0.331 e. The normalized spacial score (nSPS) is 11.2. The molecule has 10 nitrogen and oxygen atoms in total. The van der Waals surface area contributed by atoms with E-state index in [0.717, 1.165) is 0 Å². The number of aliphatic hydroxyl groups excluding tert-OH is 2. The van der Waals surface area contributed by atoms with Crippen LogP contribution >= 0.6 is 0 Å². The van der Waals surface area contributed by atoms with Crippen molar-refractivity contribution in [1.29, 1.82) is 0 Å². The van der Waals surface area contributed by atoms with E-state index < -0.39 is 23.9 Å². The van der Waals surface area contributed by atoms with Crippen LogP contribution in [0.25, 0.3) is 0 Å². The molecule has 0 unspecified atom stereocenters. The molecule has 0 saturated carbocycles. The van der Waals surface area contributed by atoms with Gasteiger partial charge in [0.25, 0.3) is 0 Å². The first-order valence-corrected chi connectivity index (χ1v) is 5.71. The quantitative estimate of drug-likeness (QED) is 0.300. The third-order valence-corrected chi connectivity index (χ3v) is 1.91. The van der Waals surface area contributed by atoms with Gasteiger partial charge in [-0.15, -0.1) is 0 Å². The van der Waals surface area contributed by atoms with E-state index in [9.17, 15) is 19.2 Å². The van der Waals surface area contributed by atoms with Gasteiger partial charge in [0.2, 0.25) is 0 Å². The average molecular weight is 320 g/mol. The summed E-state index contributed by atoms with van der Waals surface area (Å²) in [5.41, 5.74) is -0.611. The second-order valence-corrected chi connectivity index (χ2v) is 3.57. The number of rotatable bonds is 8. The first-order valence-electron chi connectivity index (χ1n) is 5.71. The van der Waals surface area contributed by atoms with Gasteiger partial charge < -0.3 is 30.6 Å². The minimum absolute atomic E-state index is 0.151. The predicted molar refractivity (Wildman–Crippen MR) is 70.1 cm³/mol. The highest BCUT2D eigenvalue weighted by Gasteiger charge is 2.08. The molecule has 0 aromatic heterocycles. The van der Waals surface area contributed by atoms with Crippen molar-refractivity contribution in [2.75, 3.05) is 13.2 Å². The van der Waals surface area contributed by atoms with Gasteiger partial charge in [-0.1, -0.05) is 0 Å². The molecule has 22 heavy (non-hydrogen) atoms. The van der Waals surface area contributed by atoms with Gasteiger partial charge >= 0.3 is 23.9 Å². The van der Waals surface area contributed by atoms with Crippen LogP contribution in [0.15, 0.2) is 23.3 Å². The van der Waals surface area contributed by atoms with Crippen molar-refractivity contribution in [3.05, 3.63) is 23.3 Å². The molecule has 0 aliphatic carbocycles. The van der Waals surface area contributed by atoms with Crippen LogP contribution in [-0.2, 0) is 19.2 Å². The molecule has 0 rings (SSSR count). The van der Waals surface area contributed by atoms with Gasteiger partial charge in [-0.05, 0) is 0 Å². The van der Waals surface area contributed by atoms with E-state index in [1.165, 1.54) is 0 Å². The lowest BCUT2D eigenvalue weighted by Gasteiger charge is -1.95. The number of aliphatic hydroxyl groups is 2. The fraction of sp³-hybridized carbons (Fsp3) is 0.333. The van der Waals surface area contributed by atoms with Crippen molar-refractivity contribution in [2.45, 2.75) is 12.8 Å². The molecule has 0 aromatic rings. The molecule has 0 bridgehead atoms. The van der Waals surface area contributed by atoms with Gasteiger partial charge in [-0.2, -0.15) is 0 Å². The van der Waals surface area contributed by atoms with Crippen LogP contribution in [-0.4, -0.2) is 67.7 Å². The van der Waals surface area contributed by atoms with Gasteiger partial charge in [0.15, 0.2) is 0 Å². The maximum atomic E-state index is 10.2. The topological polar surface area (TPSA) is 190 Å². The summed E-state index contributed by atoms with van der Waals surface area (Å²) in [6, 6.07) is 0. The van der Waals surface area contributed by atoms with Gasteiger partial charge in [-0.25, -0.2) is 19.2 Å². The first-order chi connectivity index (χ1) is 10.1. The van der Waals surface area contributed by atoms with Crippen molar-refractivity contribution >= 4 is 23.9 Å². The minimum Gasteiger partial charge on any atom is -0.478 e. The molecule has 0 aliphatic heterocycles. The molecule has 0 aromatic carbocycles. The number of carboxylic acid groups (broad SMARTS) is 4. The Labute approximate surface area is 124 Å². The van der Waals surface area contributed by atoms with Crippen LogP contribution in [0.1, 0.15) is 12.8 Å². The molecule has 0 spiro atoms. The second kappa shape index (κ2) is 12.1. The summed E-state index contributed by atoms with van der Waals surface area (Å²) in [7, 11) is 0. The van der Waals surface area contributed by atoms with E-state index in [4.69, 9.17) is 30.6 Å². The molecule has 10 heteroatoms. The number of carboxylic acids is 4. The minimum atomic E-state index is -1.32. The Bertz CT molecular complexity index is 430. The predicted octanol–water partition coefficient (Wildman–Crippen LogP) is -1.07. The van der Waals surface area contributed by atoms with Crippen molar-refractivity contribution in [2.24, 2.45) is 0 Å². The van der Waals surface area contributed by atoms with Crippen molar-refractivity contribution < 1.29 is 49.8 Å². The molecule has 0 atom stereocenters. The summed E-state index contributed by atoms with van der Waals surface area (Å²) in [4.78, 5) is 40.3. The van der Waals surface area contributed by atoms with Crippen LogP contribution in [0.5, 0.6) is 0 Å². The van der Waals surface area contributed by atoms with Crippen LogP contribution in [0.4, 0.5) is 0 Å². The monoisotopic (exact) mass is 320 g/mol. The number of hydrogen-bond donors (Lipinski definition) is 6. The van der Waals surface area contributed by atoms with Crippen molar-refractivity contribution in [3.8, 4) is 0 Å². The Morgan fingerprint density at radius 2 is 0.909 bits per heavy atom.